The van der Waals surface area contributed by atoms with Gasteiger partial charge in [-0.2, -0.15) is 0 Å². The first-order valence-electron chi connectivity index (χ1n) is 5.04. The minimum atomic E-state index is 0.103. The quantitative estimate of drug-likeness (QED) is 0.775. The Balaban J connectivity index is 1.60. The smallest absolute Gasteiger partial charge is 0.228 e. The highest BCUT2D eigenvalue weighted by Crippen LogP contribution is 2.54. The van der Waals surface area contributed by atoms with Gasteiger partial charge in [0.15, 0.2) is 5.82 Å². The van der Waals surface area contributed by atoms with Crippen molar-refractivity contribution in [1.82, 2.24) is 5.16 Å². The van der Waals surface area contributed by atoms with Crippen LogP contribution in [-0.2, 0) is 4.79 Å². The van der Waals surface area contributed by atoms with Crippen LogP contribution in [0.2, 0.25) is 0 Å². The number of nitrogens with one attached hydrogen (secondary N) is 1. The topological polar surface area (TPSA) is 55.1 Å². The van der Waals surface area contributed by atoms with Crippen molar-refractivity contribution < 1.29 is 9.32 Å². The summed E-state index contributed by atoms with van der Waals surface area (Å²) in [4.78, 5) is 11.7. The largest absolute Gasteiger partial charge is 0.363 e. The van der Waals surface area contributed by atoms with Crippen LogP contribution in [0.1, 0.15) is 19.3 Å². The van der Waals surface area contributed by atoms with E-state index in [2.05, 4.69) is 15.0 Å². The first-order valence-corrected chi connectivity index (χ1v) is 5.04. The van der Waals surface area contributed by atoms with Gasteiger partial charge in [0.25, 0.3) is 0 Å². The van der Waals surface area contributed by atoms with Crippen LogP contribution >= 0.6 is 0 Å². The van der Waals surface area contributed by atoms with Gasteiger partial charge in [0.05, 0.1) is 0 Å². The molecule has 1 amide bonds. The minimum Gasteiger partial charge on any atom is -0.363 e. The second kappa shape index (κ2) is 2.83. The van der Waals surface area contributed by atoms with Crippen molar-refractivity contribution in [2.24, 2.45) is 17.8 Å². The Hall–Kier alpha value is -1.32. The summed E-state index contributed by atoms with van der Waals surface area (Å²) in [7, 11) is 0. The number of nitrogens with zero attached hydrogens (tertiary/aromatic N) is 1. The highest BCUT2D eigenvalue weighted by atomic mass is 16.5. The Morgan fingerprint density at radius 2 is 2.21 bits per heavy atom. The molecule has 0 aliphatic heterocycles. The molecule has 2 saturated carbocycles. The fraction of sp³-hybridized carbons (Fsp3) is 0.600. The molecule has 0 saturated heterocycles. The number of aromatic nitrogens is 1. The van der Waals surface area contributed by atoms with E-state index >= 15 is 0 Å². The van der Waals surface area contributed by atoms with Gasteiger partial charge in [-0.05, 0) is 31.1 Å². The number of hydrogen-bond donors (Lipinski definition) is 1. The number of carbonyl (C=O) groups is 1. The van der Waals surface area contributed by atoms with Crippen LogP contribution in [0.5, 0.6) is 0 Å². The van der Waals surface area contributed by atoms with Crippen molar-refractivity contribution in [1.29, 1.82) is 0 Å². The summed E-state index contributed by atoms with van der Waals surface area (Å²) in [5.41, 5.74) is 0. The maximum absolute atomic E-state index is 11.7. The Morgan fingerprint density at radius 3 is 2.86 bits per heavy atom. The molecular formula is C10H12N2O2. The van der Waals surface area contributed by atoms with E-state index in [0.29, 0.717) is 5.82 Å². The van der Waals surface area contributed by atoms with Gasteiger partial charge in [-0.25, -0.2) is 0 Å². The highest BCUT2D eigenvalue weighted by Gasteiger charge is 2.48. The molecule has 0 aromatic carbocycles. The lowest BCUT2D eigenvalue weighted by Gasteiger charge is -2.09. The Bertz CT molecular complexity index is 337. The average Bonchev–Trinajstić information content (AvgIpc) is 2.68. The van der Waals surface area contributed by atoms with E-state index in [0.717, 1.165) is 24.7 Å². The maximum atomic E-state index is 11.7. The first-order chi connectivity index (χ1) is 6.83. The van der Waals surface area contributed by atoms with E-state index in [1.807, 2.05) is 0 Å². The third-order valence-electron chi connectivity index (χ3n) is 3.30. The van der Waals surface area contributed by atoms with Crippen molar-refractivity contribution in [2.75, 3.05) is 5.32 Å². The molecule has 2 aliphatic rings. The standard InChI is InChI=1S/C10H12N2O2/c13-10(11-9-1-2-14-12-9)8-4-6-3-7(6)5-8/h1-2,6-8H,3-5H2,(H,11,12,13). The third kappa shape index (κ3) is 1.31. The SMILES string of the molecule is O=C(Nc1ccon1)C1CC2CC2C1. The number of anilines is 1. The zero-order valence-corrected chi connectivity index (χ0v) is 7.77. The molecule has 0 radical (unpaired) electrons. The van der Waals surface area contributed by atoms with E-state index in [1.54, 1.807) is 6.07 Å². The minimum absolute atomic E-state index is 0.103. The van der Waals surface area contributed by atoms with Crippen LogP contribution in [0.4, 0.5) is 5.82 Å². The van der Waals surface area contributed by atoms with Crippen molar-refractivity contribution >= 4 is 11.7 Å². The Labute approximate surface area is 81.7 Å². The summed E-state index contributed by atoms with van der Waals surface area (Å²) in [6.07, 6.45) is 4.93. The molecule has 1 heterocycles. The molecule has 2 atom stereocenters. The van der Waals surface area contributed by atoms with Crippen molar-refractivity contribution in [3.63, 3.8) is 0 Å². The Morgan fingerprint density at radius 1 is 1.43 bits per heavy atom. The van der Waals surface area contributed by atoms with Crippen LogP contribution < -0.4 is 5.32 Å². The van der Waals surface area contributed by atoms with Crippen LogP contribution in [0.25, 0.3) is 0 Å². The molecule has 2 aliphatic carbocycles. The lowest BCUT2D eigenvalue weighted by molar-refractivity contribution is -0.120. The normalized spacial score (nSPS) is 33.9. The predicted molar refractivity (Wildman–Crippen MR) is 49.5 cm³/mol. The second-order valence-corrected chi connectivity index (χ2v) is 4.30. The van der Waals surface area contributed by atoms with Gasteiger partial charge < -0.3 is 9.84 Å². The second-order valence-electron chi connectivity index (χ2n) is 4.30. The van der Waals surface area contributed by atoms with Crippen molar-refractivity contribution in [3.8, 4) is 0 Å². The maximum Gasteiger partial charge on any atom is 0.228 e. The lowest BCUT2D eigenvalue weighted by atomic mass is 10.0. The van der Waals surface area contributed by atoms with Gasteiger partial charge in [0, 0.05) is 12.0 Å². The molecule has 14 heavy (non-hydrogen) atoms. The van der Waals surface area contributed by atoms with Crippen LogP contribution in [-0.4, -0.2) is 11.1 Å². The fourth-order valence-electron chi connectivity index (χ4n) is 2.43. The van der Waals surface area contributed by atoms with Crippen LogP contribution in [0.15, 0.2) is 16.9 Å². The van der Waals surface area contributed by atoms with Gasteiger partial charge >= 0.3 is 0 Å². The van der Waals surface area contributed by atoms with Crippen LogP contribution in [0.3, 0.4) is 0 Å². The summed E-state index contributed by atoms with van der Waals surface area (Å²) in [5.74, 6) is 2.50. The molecule has 1 aromatic heterocycles. The molecule has 1 aromatic rings. The molecule has 2 unspecified atom stereocenters. The number of rotatable bonds is 2. The summed E-state index contributed by atoms with van der Waals surface area (Å²) in [6, 6.07) is 1.66. The third-order valence-corrected chi connectivity index (χ3v) is 3.30. The van der Waals surface area contributed by atoms with Crippen LogP contribution in [0, 0.1) is 17.8 Å². The van der Waals surface area contributed by atoms with Crippen molar-refractivity contribution in [3.05, 3.63) is 12.3 Å². The Kier molecular flexibility index (Phi) is 1.63. The van der Waals surface area contributed by atoms with Gasteiger partial charge in [-0.15, -0.1) is 0 Å². The number of hydrogen-bond acceptors (Lipinski definition) is 3. The van der Waals surface area contributed by atoms with Gasteiger partial charge in [-0.1, -0.05) is 5.16 Å². The van der Waals surface area contributed by atoms with E-state index < -0.39 is 0 Å². The summed E-state index contributed by atoms with van der Waals surface area (Å²) in [6.45, 7) is 0. The number of fused-ring (bicyclic) bond motifs is 1. The van der Waals surface area contributed by atoms with Gasteiger partial charge in [0.1, 0.15) is 6.26 Å². The summed E-state index contributed by atoms with van der Waals surface area (Å²) < 4.78 is 4.64. The molecule has 1 N–H and O–H groups in total. The number of amides is 1. The van der Waals surface area contributed by atoms with E-state index in [1.165, 1.54) is 12.7 Å². The molecule has 0 bridgehead atoms. The average molecular weight is 192 g/mol. The molecule has 0 spiro atoms. The van der Waals surface area contributed by atoms with E-state index in [4.69, 9.17) is 0 Å². The molecule has 3 rings (SSSR count). The number of carbonyl (C=O) groups excluding carboxylic acids is 1. The highest BCUT2D eigenvalue weighted by molar-refractivity contribution is 5.91. The molecule has 4 heteroatoms. The zero-order valence-electron chi connectivity index (χ0n) is 7.77. The summed E-state index contributed by atoms with van der Waals surface area (Å²) in [5, 5.41) is 6.41. The molecule has 4 nitrogen and oxygen atoms in total. The fourth-order valence-corrected chi connectivity index (χ4v) is 2.43. The summed E-state index contributed by atoms with van der Waals surface area (Å²) >= 11 is 0. The van der Waals surface area contributed by atoms with Gasteiger partial charge in [-0.3, -0.25) is 4.79 Å². The molecule has 74 valence electrons. The lowest BCUT2D eigenvalue weighted by Crippen LogP contribution is -2.21. The van der Waals surface area contributed by atoms with E-state index in [-0.39, 0.29) is 11.8 Å². The van der Waals surface area contributed by atoms with Crippen molar-refractivity contribution in [2.45, 2.75) is 19.3 Å². The first kappa shape index (κ1) is 8.03. The van der Waals surface area contributed by atoms with Gasteiger partial charge in [0.2, 0.25) is 5.91 Å². The molecular weight excluding hydrogens is 180 g/mol. The zero-order chi connectivity index (χ0) is 9.54. The molecule has 2 fully saturated rings. The monoisotopic (exact) mass is 192 g/mol. The van der Waals surface area contributed by atoms with E-state index in [9.17, 15) is 4.79 Å². The predicted octanol–water partition coefficient (Wildman–Crippen LogP) is 1.66.